The van der Waals surface area contributed by atoms with Crippen LogP contribution in [0.25, 0.3) is 38.6 Å². The van der Waals surface area contributed by atoms with Crippen molar-refractivity contribution >= 4 is 33.5 Å². The predicted molar refractivity (Wildman–Crippen MR) is 233 cm³/mol. The molecule has 1 atom stereocenters. The summed E-state index contributed by atoms with van der Waals surface area (Å²) in [5.74, 6) is 1.45. The van der Waals surface area contributed by atoms with Gasteiger partial charge < -0.3 is 9.88 Å². The first kappa shape index (κ1) is 33.5. The molecule has 0 radical (unpaired) electrons. The fourth-order valence-electron chi connectivity index (χ4n) is 9.37. The number of nitrogens with zero attached hydrogens (tertiary/aromatic N) is 3. The van der Waals surface area contributed by atoms with Gasteiger partial charge in [0.25, 0.3) is 5.84 Å². The molecule has 1 aromatic heterocycles. The van der Waals surface area contributed by atoms with E-state index in [0.29, 0.717) is 11.4 Å². The highest BCUT2D eigenvalue weighted by Gasteiger charge is 2.48. The molecule has 1 aliphatic heterocycles. The molecule has 2 aliphatic rings. The molecule has 0 fully saturated rings. The average molecular weight is 743 g/mol. The Kier molecular flexibility index (Phi) is 7.77. The van der Waals surface area contributed by atoms with E-state index in [4.69, 9.17) is 4.99 Å². The highest BCUT2D eigenvalue weighted by atomic mass is 15.2. The van der Waals surface area contributed by atoms with Gasteiger partial charge in [-0.3, -0.25) is 0 Å². The second-order valence-electron chi connectivity index (χ2n) is 14.9. The summed E-state index contributed by atoms with van der Waals surface area (Å²) in [5, 5.41) is 15.7. The van der Waals surface area contributed by atoms with Crippen molar-refractivity contribution in [2.45, 2.75) is 11.6 Å². The minimum absolute atomic E-state index is 0.245. The smallest absolute Gasteiger partial charge is 0.309 e. The number of aromatic nitrogens is 1. The first-order valence-corrected chi connectivity index (χ1v) is 19.6. The number of benzene rings is 8. The topological polar surface area (TPSA) is 67.1 Å². The van der Waals surface area contributed by atoms with E-state index in [2.05, 4.69) is 179 Å². The van der Waals surface area contributed by atoms with Crippen LogP contribution >= 0.6 is 0 Å². The number of para-hydroxylation sites is 1. The van der Waals surface area contributed by atoms with Gasteiger partial charge in [0.1, 0.15) is 0 Å². The molecule has 58 heavy (non-hydrogen) atoms. The zero-order valence-electron chi connectivity index (χ0n) is 31.5. The maximum Gasteiger partial charge on any atom is 0.328 e. The van der Waals surface area contributed by atoms with E-state index < -0.39 is 5.41 Å². The van der Waals surface area contributed by atoms with Gasteiger partial charge >= 0.3 is 5.84 Å². The predicted octanol–water partition coefficient (Wildman–Crippen LogP) is 9.59. The van der Waals surface area contributed by atoms with E-state index in [1.807, 2.05) is 42.5 Å². The Morgan fingerprint density at radius 1 is 0.586 bits per heavy atom. The van der Waals surface area contributed by atoms with E-state index >= 15 is 0 Å². The third-order valence-electron chi connectivity index (χ3n) is 11.8. The van der Waals surface area contributed by atoms with Crippen LogP contribution in [0.3, 0.4) is 0 Å². The van der Waals surface area contributed by atoms with E-state index in [9.17, 15) is 5.26 Å². The lowest BCUT2D eigenvalue weighted by molar-refractivity contribution is -0.516. The normalized spacial score (nSPS) is 15.2. The van der Waals surface area contributed by atoms with Gasteiger partial charge in [-0.1, -0.05) is 158 Å². The van der Waals surface area contributed by atoms with E-state index in [0.717, 1.165) is 33.7 Å². The number of amidine groups is 2. The molecule has 9 aromatic rings. The Hall–Kier alpha value is -7.81. The van der Waals surface area contributed by atoms with Crippen molar-refractivity contribution in [3.63, 3.8) is 0 Å². The summed E-state index contributed by atoms with van der Waals surface area (Å²) >= 11 is 0. The number of rotatable bonds is 6. The summed E-state index contributed by atoms with van der Waals surface area (Å²) in [5.41, 5.74) is 13.8. The molecule has 5 heteroatoms. The van der Waals surface area contributed by atoms with E-state index in [1.54, 1.807) is 0 Å². The van der Waals surface area contributed by atoms with Crippen LogP contribution in [-0.4, -0.2) is 16.2 Å². The summed E-state index contributed by atoms with van der Waals surface area (Å²) in [6.45, 7) is 0. The molecule has 272 valence electrons. The number of hydrogen-bond acceptors (Lipinski definition) is 3. The molecule has 8 aromatic carbocycles. The maximum atomic E-state index is 9.73. The van der Waals surface area contributed by atoms with Crippen molar-refractivity contribution in [2.24, 2.45) is 4.99 Å². The highest BCUT2D eigenvalue weighted by Crippen LogP contribution is 2.59. The molecule has 0 bridgehead atoms. The molecule has 0 spiro atoms. The molecule has 2 N–H and O–H groups in total. The maximum absolute atomic E-state index is 9.73. The number of hydrogen-bond donors (Lipinski definition) is 2. The van der Waals surface area contributed by atoms with E-state index in [-0.39, 0.29) is 6.17 Å². The van der Waals surface area contributed by atoms with Gasteiger partial charge in [-0.15, -0.1) is 0 Å². The molecule has 0 saturated heterocycles. The van der Waals surface area contributed by atoms with Gasteiger partial charge in [0.15, 0.2) is 6.17 Å². The molecule has 11 rings (SSSR count). The van der Waals surface area contributed by atoms with Gasteiger partial charge in [-0.2, -0.15) is 5.26 Å². The summed E-state index contributed by atoms with van der Waals surface area (Å²) < 4.78 is 2.47. The van der Waals surface area contributed by atoms with Gasteiger partial charge in [0.2, 0.25) is 0 Å². The molecular formula is C53H36N5+. The Labute approximate surface area is 336 Å². The lowest BCUT2D eigenvalue weighted by Gasteiger charge is -2.34. The highest BCUT2D eigenvalue weighted by molar-refractivity contribution is 6.14. The second kappa shape index (κ2) is 13.4. The van der Waals surface area contributed by atoms with Crippen molar-refractivity contribution in [1.29, 1.82) is 5.26 Å². The molecular weight excluding hydrogens is 707 g/mol. The lowest BCUT2D eigenvalue weighted by atomic mass is 9.67. The van der Waals surface area contributed by atoms with Crippen molar-refractivity contribution in [3.8, 4) is 22.9 Å². The van der Waals surface area contributed by atoms with Crippen LogP contribution in [0.2, 0.25) is 0 Å². The van der Waals surface area contributed by atoms with Crippen LogP contribution < -0.4 is 10.3 Å². The molecule has 2 heterocycles. The van der Waals surface area contributed by atoms with Crippen molar-refractivity contribution in [1.82, 2.24) is 9.88 Å². The average Bonchev–Trinajstić information content (AvgIpc) is 3.81. The Morgan fingerprint density at radius 3 is 2.03 bits per heavy atom. The third-order valence-corrected chi connectivity index (χ3v) is 11.8. The number of aliphatic imine (C=N–C) groups is 1. The molecule has 5 nitrogen and oxygen atoms in total. The second-order valence-corrected chi connectivity index (χ2v) is 14.9. The van der Waals surface area contributed by atoms with Crippen LogP contribution in [0.5, 0.6) is 0 Å². The summed E-state index contributed by atoms with van der Waals surface area (Å²) in [6, 6.07) is 73.3. The standard InChI is InChI=1S/C53H35N5/c54-34-35-16-14-19-37(32-35)51-55-50(36-17-4-1-5-18-36)56-52(57-51)38-20-15-25-41(33-38)58-47-29-13-11-27-43(47)45-31-30-44-42-26-10-12-28-46(42)53(48(44)49(45)58,39-21-6-2-7-22-39)40-23-8-3-9-24-40/h1-33,50H,(H,55,56,57)/p+1. The SMILES string of the molecule is N#Cc1cccc(C2=NC(c3cccc(-n4c5ccccc5c5ccc6c(c54)C(c4ccccc4)(c4ccccc4)c4ccccc4-6)c3)=[NH+]C(c3ccccc3)N2)c1. The molecule has 1 unspecified atom stereocenters. The fraction of sp³-hybridized carbons (Fsp3) is 0.0377. The van der Waals surface area contributed by atoms with E-state index in [1.165, 1.54) is 49.7 Å². The van der Waals surface area contributed by atoms with Crippen LogP contribution in [-0.2, 0) is 5.41 Å². The minimum Gasteiger partial charge on any atom is -0.309 e. The Balaban J connectivity index is 1.19. The quantitative estimate of drug-likeness (QED) is 0.178. The first-order valence-electron chi connectivity index (χ1n) is 19.6. The minimum atomic E-state index is -0.580. The van der Waals surface area contributed by atoms with Crippen molar-refractivity contribution in [2.75, 3.05) is 0 Å². The Bertz CT molecular complexity index is 3110. The largest absolute Gasteiger partial charge is 0.328 e. The number of fused-ring (bicyclic) bond motifs is 7. The van der Waals surface area contributed by atoms with Crippen LogP contribution in [0.15, 0.2) is 205 Å². The zero-order valence-corrected chi connectivity index (χ0v) is 31.5. The lowest BCUT2D eigenvalue weighted by Crippen LogP contribution is -2.80. The summed E-state index contributed by atoms with van der Waals surface area (Å²) in [4.78, 5) is 8.91. The summed E-state index contributed by atoms with van der Waals surface area (Å²) in [6.07, 6.45) is -0.245. The molecule has 0 amide bonds. The molecule has 0 saturated carbocycles. The van der Waals surface area contributed by atoms with Gasteiger partial charge in [0.05, 0.1) is 33.6 Å². The van der Waals surface area contributed by atoms with Gasteiger partial charge in [0, 0.05) is 33.2 Å². The van der Waals surface area contributed by atoms with Gasteiger partial charge in [-0.25, -0.2) is 4.99 Å². The monoisotopic (exact) mass is 742 g/mol. The van der Waals surface area contributed by atoms with Crippen LogP contribution in [0, 0.1) is 11.3 Å². The fourth-order valence-corrected chi connectivity index (χ4v) is 9.37. The van der Waals surface area contributed by atoms with Crippen LogP contribution in [0.1, 0.15) is 50.7 Å². The number of nitrogens with one attached hydrogen (secondary N) is 2. The zero-order chi connectivity index (χ0) is 38.6. The van der Waals surface area contributed by atoms with Crippen molar-refractivity contribution < 1.29 is 4.99 Å². The van der Waals surface area contributed by atoms with Gasteiger partial charge in [-0.05, 0) is 75.3 Å². The molecule has 1 aliphatic carbocycles. The number of nitriles is 1. The summed E-state index contributed by atoms with van der Waals surface area (Å²) in [7, 11) is 0. The Morgan fingerprint density at radius 2 is 1.26 bits per heavy atom. The van der Waals surface area contributed by atoms with Crippen molar-refractivity contribution in [3.05, 3.63) is 245 Å². The third kappa shape index (κ3) is 5.09. The van der Waals surface area contributed by atoms with Crippen LogP contribution in [0.4, 0.5) is 0 Å². The first-order chi connectivity index (χ1) is 28.7.